The van der Waals surface area contributed by atoms with Gasteiger partial charge in [-0.05, 0) is 66.8 Å². The molecule has 1 aromatic heterocycles. The Balaban J connectivity index is 1.38. The van der Waals surface area contributed by atoms with Crippen LogP contribution in [-0.2, 0) is 21.4 Å². The highest BCUT2D eigenvalue weighted by Crippen LogP contribution is 2.27. The van der Waals surface area contributed by atoms with Crippen LogP contribution in [0.5, 0.6) is 0 Å². The molecule has 1 fully saturated rings. The number of nitrogens with zero attached hydrogens (tertiary/aromatic N) is 3. The maximum Gasteiger partial charge on any atom is 0.338 e. The minimum atomic E-state index is -3.61. The maximum absolute atomic E-state index is 13.0. The molecule has 0 bridgehead atoms. The van der Waals surface area contributed by atoms with Crippen molar-refractivity contribution in [3.8, 4) is 11.5 Å². The molecule has 2 atom stereocenters. The van der Waals surface area contributed by atoms with Crippen LogP contribution < -0.4 is 0 Å². The molecule has 2 heterocycles. The van der Waals surface area contributed by atoms with Crippen molar-refractivity contribution in [2.24, 2.45) is 11.8 Å². The van der Waals surface area contributed by atoms with Crippen molar-refractivity contribution in [3.05, 3.63) is 65.0 Å². The number of carbonyl (C=O) groups excluding carboxylic acids is 1. The summed E-state index contributed by atoms with van der Waals surface area (Å²) in [7, 11) is -3.61. The topological polar surface area (TPSA) is 103 Å². The zero-order valence-electron chi connectivity index (χ0n) is 18.3. The lowest BCUT2D eigenvalue weighted by atomic mass is 9.94. The quantitative estimate of drug-likeness (QED) is 0.472. The zero-order chi connectivity index (χ0) is 23.6. The van der Waals surface area contributed by atoms with Crippen LogP contribution in [0.1, 0.15) is 36.5 Å². The monoisotopic (exact) mass is 489 g/mol. The average molecular weight is 490 g/mol. The van der Waals surface area contributed by atoms with Crippen molar-refractivity contribution in [2.75, 3.05) is 13.1 Å². The number of sulfonamides is 1. The summed E-state index contributed by atoms with van der Waals surface area (Å²) >= 11 is 5.87. The van der Waals surface area contributed by atoms with E-state index in [0.717, 1.165) is 6.42 Å². The van der Waals surface area contributed by atoms with E-state index in [4.69, 9.17) is 20.8 Å². The van der Waals surface area contributed by atoms with Gasteiger partial charge in [0.25, 0.3) is 5.89 Å². The zero-order valence-corrected chi connectivity index (χ0v) is 19.8. The fraction of sp³-hybridized carbons (Fsp3) is 0.348. The van der Waals surface area contributed by atoms with E-state index in [-0.39, 0.29) is 28.8 Å². The van der Waals surface area contributed by atoms with Crippen molar-refractivity contribution in [2.45, 2.75) is 31.8 Å². The lowest BCUT2D eigenvalue weighted by Gasteiger charge is -2.34. The van der Waals surface area contributed by atoms with E-state index >= 15 is 0 Å². The minimum Gasteiger partial charge on any atom is -0.452 e. The Kier molecular flexibility index (Phi) is 6.83. The van der Waals surface area contributed by atoms with Crippen LogP contribution in [-0.4, -0.2) is 42.0 Å². The van der Waals surface area contributed by atoms with Crippen LogP contribution in [0.2, 0.25) is 5.02 Å². The molecule has 1 aliphatic rings. The van der Waals surface area contributed by atoms with Crippen LogP contribution in [0.4, 0.5) is 0 Å². The fourth-order valence-corrected chi connectivity index (χ4v) is 5.75. The van der Waals surface area contributed by atoms with Gasteiger partial charge in [-0.2, -0.15) is 4.31 Å². The normalized spacial score (nSPS) is 19.4. The molecule has 0 radical (unpaired) electrons. The molecule has 1 aliphatic heterocycles. The highest BCUT2D eigenvalue weighted by molar-refractivity contribution is 7.89. The molecule has 0 N–H and O–H groups in total. The number of aromatic nitrogens is 2. The second kappa shape index (κ2) is 9.62. The predicted molar refractivity (Wildman–Crippen MR) is 122 cm³/mol. The van der Waals surface area contributed by atoms with Crippen molar-refractivity contribution < 1.29 is 22.4 Å². The molecular weight excluding hydrogens is 466 g/mol. The molecule has 174 valence electrons. The molecule has 3 aromatic rings. The fourth-order valence-electron chi connectivity index (χ4n) is 3.95. The summed E-state index contributed by atoms with van der Waals surface area (Å²) in [5.74, 6) is 0.422. The van der Waals surface area contributed by atoms with Gasteiger partial charge >= 0.3 is 5.97 Å². The van der Waals surface area contributed by atoms with Gasteiger partial charge in [0.2, 0.25) is 15.9 Å². The van der Waals surface area contributed by atoms with Gasteiger partial charge in [0, 0.05) is 23.7 Å². The van der Waals surface area contributed by atoms with E-state index in [0.29, 0.717) is 35.5 Å². The highest BCUT2D eigenvalue weighted by Gasteiger charge is 2.31. The summed E-state index contributed by atoms with van der Waals surface area (Å²) in [5.41, 5.74) is 0.922. The van der Waals surface area contributed by atoms with Crippen LogP contribution in [0, 0.1) is 11.8 Å². The third-order valence-electron chi connectivity index (χ3n) is 5.45. The van der Waals surface area contributed by atoms with Crippen LogP contribution >= 0.6 is 11.6 Å². The van der Waals surface area contributed by atoms with Gasteiger partial charge in [-0.1, -0.05) is 25.4 Å². The number of hydrogen-bond acceptors (Lipinski definition) is 7. The maximum atomic E-state index is 13.0. The lowest BCUT2D eigenvalue weighted by molar-refractivity contribution is 0.0438. The molecule has 33 heavy (non-hydrogen) atoms. The number of hydrogen-bond donors (Lipinski definition) is 0. The predicted octanol–water partition coefficient (Wildman–Crippen LogP) is 4.41. The molecule has 2 aromatic carbocycles. The van der Waals surface area contributed by atoms with Crippen LogP contribution in [0.25, 0.3) is 11.5 Å². The second-order valence-corrected chi connectivity index (χ2v) is 10.8. The van der Waals surface area contributed by atoms with Gasteiger partial charge in [-0.25, -0.2) is 13.2 Å². The lowest BCUT2D eigenvalue weighted by Crippen LogP contribution is -2.42. The first kappa shape index (κ1) is 23.4. The minimum absolute atomic E-state index is 0.140. The molecule has 0 unspecified atom stereocenters. The van der Waals surface area contributed by atoms with E-state index < -0.39 is 16.0 Å². The Morgan fingerprint density at radius 1 is 1.06 bits per heavy atom. The molecule has 4 rings (SSSR count). The first-order chi connectivity index (χ1) is 15.7. The average Bonchev–Trinajstić information content (AvgIpc) is 3.26. The third-order valence-corrected chi connectivity index (χ3v) is 7.55. The van der Waals surface area contributed by atoms with Gasteiger partial charge < -0.3 is 9.15 Å². The van der Waals surface area contributed by atoms with E-state index in [9.17, 15) is 13.2 Å². The molecule has 1 saturated heterocycles. The summed E-state index contributed by atoms with van der Waals surface area (Å²) in [6.07, 6.45) is 1.01. The second-order valence-electron chi connectivity index (χ2n) is 8.38. The number of rotatable bonds is 6. The van der Waals surface area contributed by atoms with Gasteiger partial charge in [-0.15, -0.1) is 10.2 Å². The van der Waals surface area contributed by atoms with E-state index in [1.807, 2.05) is 0 Å². The number of piperidine rings is 1. The van der Waals surface area contributed by atoms with Crippen molar-refractivity contribution in [1.29, 1.82) is 0 Å². The Morgan fingerprint density at radius 2 is 1.70 bits per heavy atom. The Labute approximate surface area is 197 Å². The number of ether oxygens (including phenoxy) is 1. The van der Waals surface area contributed by atoms with Crippen LogP contribution in [0.3, 0.4) is 0 Å². The molecule has 0 amide bonds. The van der Waals surface area contributed by atoms with E-state index in [2.05, 4.69) is 24.0 Å². The smallest absolute Gasteiger partial charge is 0.338 e. The first-order valence-electron chi connectivity index (χ1n) is 10.6. The molecular formula is C23H24ClN3O5S. The number of carbonyl (C=O) groups is 1. The number of benzene rings is 2. The highest BCUT2D eigenvalue weighted by atomic mass is 35.5. The van der Waals surface area contributed by atoms with Crippen LogP contribution in [0.15, 0.2) is 57.8 Å². The summed E-state index contributed by atoms with van der Waals surface area (Å²) in [6.45, 7) is 4.90. The number of esters is 1. The summed E-state index contributed by atoms with van der Waals surface area (Å²) < 4.78 is 38.2. The van der Waals surface area contributed by atoms with Gasteiger partial charge in [0.1, 0.15) is 0 Å². The van der Waals surface area contributed by atoms with Gasteiger partial charge in [-0.3, -0.25) is 0 Å². The Hall–Kier alpha value is -2.75. The van der Waals surface area contributed by atoms with E-state index in [1.54, 1.807) is 24.3 Å². The molecule has 10 heteroatoms. The summed E-state index contributed by atoms with van der Waals surface area (Å²) in [5, 5.41) is 8.41. The van der Waals surface area contributed by atoms with Gasteiger partial charge in [0.05, 0.1) is 10.5 Å². The Morgan fingerprint density at radius 3 is 2.33 bits per heavy atom. The van der Waals surface area contributed by atoms with Crippen molar-refractivity contribution in [1.82, 2.24) is 14.5 Å². The van der Waals surface area contributed by atoms with Gasteiger partial charge in [0.15, 0.2) is 6.61 Å². The molecule has 0 spiro atoms. The summed E-state index contributed by atoms with van der Waals surface area (Å²) in [6, 6.07) is 12.6. The standard InChI is InChI=1S/C23H24ClN3O5S/c1-15-11-16(2)13-27(12-15)33(29,30)20-9-5-18(6-10-20)23(28)31-14-21-25-26-22(32-21)17-3-7-19(24)8-4-17/h3-10,15-16H,11-14H2,1-2H3/t15-,16+. The third kappa shape index (κ3) is 5.43. The molecule has 0 aliphatic carbocycles. The van der Waals surface area contributed by atoms with Crippen molar-refractivity contribution >= 4 is 27.6 Å². The largest absolute Gasteiger partial charge is 0.452 e. The molecule has 0 saturated carbocycles. The van der Waals surface area contributed by atoms with E-state index in [1.165, 1.54) is 28.6 Å². The SMILES string of the molecule is C[C@@H]1C[C@H](C)CN(S(=O)(=O)c2ccc(C(=O)OCc3nnc(-c4ccc(Cl)cc4)o3)cc2)C1. The van der Waals surface area contributed by atoms with Crippen molar-refractivity contribution in [3.63, 3.8) is 0 Å². The number of halogens is 1. The molecule has 8 nitrogen and oxygen atoms in total. The first-order valence-corrected chi connectivity index (χ1v) is 12.4. The summed E-state index contributed by atoms with van der Waals surface area (Å²) in [4.78, 5) is 12.6. The Bertz CT molecular complexity index is 1220.